The highest BCUT2D eigenvalue weighted by atomic mass is 32.2. The summed E-state index contributed by atoms with van der Waals surface area (Å²) in [6, 6.07) is 14.3. The summed E-state index contributed by atoms with van der Waals surface area (Å²) in [6.45, 7) is -0.198. The van der Waals surface area contributed by atoms with Gasteiger partial charge in [-0.25, -0.2) is 0 Å². The first kappa shape index (κ1) is 14.3. The van der Waals surface area contributed by atoms with Gasteiger partial charge in [0.1, 0.15) is 0 Å². The zero-order valence-electron chi connectivity index (χ0n) is 10.7. The van der Waals surface area contributed by atoms with E-state index in [0.29, 0.717) is 5.75 Å². The summed E-state index contributed by atoms with van der Waals surface area (Å²) in [5.74, 6) is 1.24. The van der Waals surface area contributed by atoms with E-state index in [-0.39, 0.29) is 12.6 Å². The number of hydrogen-bond acceptors (Lipinski definition) is 4. The minimum Gasteiger partial charge on any atom is -0.394 e. The summed E-state index contributed by atoms with van der Waals surface area (Å²) in [6.07, 6.45) is -0.662. The van der Waals surface area contributed by atoms with Crippen molar-refractivity contribution >= 4 is 22.5 Å². The Morgan fingerprint density at radius 1 is 1.05 bits per heavy atom. The maximum Gasteiger partial charge on any atom is 0.0861 e. The molecule has 3 nitrogen and oxygen atoms in total. The SMILES string of the molecule is NC(CSCC(O)CO)c1cccc2ccccc12. The average Bonchev–Trinajstić information content (AvgIpc) is 2.46. The molecule has 0 aliphatic rings. The van der Waals surface area contributed by atoms with Gasteiger partial charge in [-0.2, -0.15) is 11.8 Å². The van der Waals surface area contributed by atoms with E-state index in [1.165, 1.54) is 10.8 Å². The van der Waals surface area contributed by atoms with Crippen LogP contribution in [0, 0.1) is 0 Å². The van der Waals surface area contributed by atoms with Crippen molar-refractivity contribution in [3.05, 3.63) is 48.0 Å². The highest BCUT2D eigenvalue weighted by Crippen LogP contribution is 2.25. The molecule has 0 radical (unpaired) electrons. The van der Waals surface area contributed by atoms with Gasteiger partial charge in [-0.15, -0.1) is 0 Å². The number of thioether (sulfide) groups is 1. The molecular weight excluding hydrogens is 258 g/mol. The molecule has 0 saturated heterocycles. The fourth-order valence-electron chi connectivity index (χ4n) is 2.05. The zero-order valence-corrected chi connectivity index (χ0v) is 11.5. The summed E-state index contributed by atoms with van der Waals surface area (Å²) >= 11 is 1.56. The highest BCUT2D eigenvalue weighted by molar-refractivity contribution is 7.99. The van der Waals surface area contributed by atoms with Crippen molar-refractivity contribution in [2.45, 2.75) is 12.1 Å². The molecule has 2 unspecified atom stereocenters. The van der Waals surface area contributed by atoms with E-state index < -0.39 is 6.10 Å². The number of aliphatic hydroxyl groups excluding tert-OH is 2. The van der Waals surface area contributed by atoms with E-state index in [0.717, 1.165) is 11.3 Å². The Morgan fingerprint density at radius 2 is 1.79 bits per heavy atom. The lowest BCUT2D eigenvalue weighted by molar-refractivity contribution is 0.113. The monoisotopic (exact) mass is 277 g/mol. The summed E-state index contributed by atoms with van der Waals surface area (Å²) in [4.78, 5) is 0. The number of hydrogen-bond donors (Lipinski definition) is 3. The second kappa shape index (κ2) is 6.91. The molecule has 2 aromatic rings. The normalized spacial score (nSPS) is 14.5. The van der Waals surface area contributed by atoms with Gasteiger partial charge in [0.2, 0.25) is 0 Å². The molecule has 0 heterocycles. The molecule has 0 fully saturated rings. The molecule has 2 rings (SSSR count). The van der Waals surface area contributed by atoms with Crippen LogP contribution in [0.5, 0.6) is 0 Å². The molecule has 0 amide bonds. The maximum absolute atomic E-state index is 9.30. The lowest BCUT2D eigenvalue weighted by Crippen LogP contribution is -2.18. The van der Waals surface area contributed by atoms with Crippen LogP contribution in [0.4, 0.5) is 0 Å². The third-order valence-corrected chi connectivity index (χ3v) is 4.26. The molecule has 0 aromatic heterocycles. The third kappa shape index (κ3) is 3.70. The van der Waals surface area contributed by atoms with Gasteiger partial charge in [0.05, 0.1) is 12.7 Å². The van der Waals surface area contributed by atoms with E-state index in [1.54, 1.807) is 11.8 Å². The maximum atomic E-state index is 9.30. The first-order valence-electron chi connectivity index (χ1n) is 6.32. The molecule has 0 saturated carbocycles. The average molecular weight is 277 g/mol. The van der Waals surface area contributed by atoms with Crippen LogP contribution in [0.25, 0.3) is 10.8 Å². The van der Waals surface area contributed by atoms with E-state index in [1.807, 2.05) is 18.2 Å². The Labute approximate surface area is 117 Å². The van der Waals surface area contributed by atoms with Gasteiger partial charge in [-0.05, 0) is 16.3 Å². The Morgan fingerprint density at radius 3 is 2.58 bits per heavy atom. The van der Waals surface area contributed by atoms with Crippen LogP contribution in [-0.2, 0) is 0 Å². The number of aliphatic hydroxyl groups is 2. The predicted octanol–water partition coefficient (Wildman–Crippen LogP) is 1.93. The van der Waals surface area contributed by atoms with E-state index >= 15 is 0 Å². The van der Waals surface area contributed by atoms with Crippen LogP contribution in [0.2, 0.25) is 0 Å². The lowest BCUT2D eigenvalue weighted by atomic mass is 10.0. The standard InChI is InChI=1S/C15H19NO2S/c16-15(10-19-9-12(18)8-17)14-7-3-5-11-4-1-2-6-13(11)14/h1-7,12,15,17-18H,8-10,16H2. The highest BCUT2D eigenvalue weighted by Gasteiger charge is 2.11. The Hall–Kier alpha value is -1.07. The van der Waals surface area contributed by atoms with Crippen LogP contribution in [0.15, 0.2) is 42.5 Å². The second-order valence-electron chi connectivity index (χ2n) is 4.55. The van der Waals surface area contributed by atoms with Crippen molar-refractivity contribution in [1.82, 2.24) is 0 Å². The minimum absolute atomic E-state index is 0.0676. The summed E-state index contributed by atoms with van der Waals surface area (Å²) in [5.41, 5.74) is 7.35. The fourth-order valence-corrected chi connectivity index (χ4v) is 2.99. The van der Waals surface area contributed by atoms with Gasteiger partial charge in [0.15, 0.2) is 0 Å². The van der Waals surface area contributed by atoms with Crippen molar-refractivity contribution in [3.63, 3.8) is 0 Å². The number of benzene rings is 2. The topological polar surface area (TPSA) is 66.5 Å². The molecule has 0 aliphatic carbocycles. The van der Waals surface area contributed by atoms with Gasteiger partial charge in [0.25, 0.3) is 0 Å². The van der Waals surface area contributed by atoms with E-state index in [2.05, 4.69) is 24.3 Å². The van der Waals surface area contributed by atoms with Crippen molar-refractivity contribution in [2.24, 2.45) is 5.73 Å². The molecule has 19 heavy (non-hydrogen) atoms. The van der Waals surface area contributed by atoms with Crippen molar-refractivity contribution in [2.75, 3.05) is 18.1 Å². The summed E-state index contributed by atoms with van der Waals surface area (Å²) in [5, 5.41) is 20.4. The first-order chi connectivity index (χ1) is 9.22. The van der Waals surface area contributed by atoms with Crippen LogP contribution < -0.4 is 5.73 Å². The first-order valence-corrected chi connectivity index (χ1v) is 7.47. The molecule has 2 atom stereocenters. The summed E-state index contributed by atoms with van der Waals surface area (Å²) in [7, 11) is 0. The Balaban J connectivity index is 2.07. The molecule has 102 valence electrons. The van der Waals surface area contributed by atoms with Gasteiger partial charge in [-0.3, -0.25) is 0 Å². The lowest BCUT2D eigenvalue weighted by Gasteiger charge is -2.15. The molecule has 4 N–H and O–H groups in total. The van der Waals surface area contributed by atoms with Crippen molar-refractivity contribution in [3.8, 4) is 0 Å². The predicted molar refractivity (Wildman–Crippen MR) is 81.3 cm³/mol. The number of rotatable bonds is 6. The van der Waals surface area contributed by atoms with Crippen molar-refractivity contribution < 1.29 is 10.2 Å². The Bertz CT molecular complexity index is 527. The van der Waals surface area contributed by atoms with Crippen molar-refractivity contribution in [1.29, 1.82) is 0 Å². The molecule has 4 heteroatoms. The molecule has 2 aromatic carbocycles. The van der Waals surface area contributed by atoms with Crippen LogP contribution in [0.3, 0.4) is 0 Å². The fraction of sp³-hybridized carbons (Fsp3) is 0.333. The third-order valence-electron chi connectivity index (χ3n) is 3.04. The van der Waals surface area contributed by atoms with E-state index in [4.69, 9.17) is 10.8 Å². The van der Waals surface area contributed by atoms with Crippen LogP contribution in [0.1, 0.15) is 11.6 Å². The van der Waals surface area contributed by atoms with Gasteiger partial charge in [-0.1, -0.05) is 42.5 Å². The van der Waals surface area contributed by atoms with E-state index in [9.17, 15) is 5.11 Å². The second-order valence-corrected chi connectivity index (χ2v) is 5.62. The smallest absolute Gasteiger partial charge is 0.0861 e. The quantitative estimate of drug-likeness (QED) is 0.755. The van der Waals surface area contributed by atoms with Crippen LogP contribution in [-0.4, -0.2) is 34.4 Å². The Kier molecular flexibility index (Phi) is 5.22. The molecular formula is C15H19NO2S. The molecule has 0 aliphatic heterocycles. The van der Waals surface area contributed by atoms with Gasteiger partial charge >= 0.3 is 0 Å². The molecule has 0 bridgehead atoms. The number of nitrogens with two attached hydrogens (primary N) is 1. The molecule has 0 spiro atoms. The van der Waals surface area contributed by atoms with Crippen LogP contribution >= 0.6 is 11.8 Å². The minimum atomic E-state index is -0.662. The largest absolute Gasteiger partial charge is 0.394 e. The zero-order chi connectivity index (χ0) is 13.7. The van der Waals surface area contributed by atoms with Gasteiger partial charge < -0.3 is 15.9 Å². The number of fused-ring (bicyclic) bond motifs is 1. The van der Waals surface area contributed by atoms with Gasteiger partial charge in [0, 0.05) is 17.5 Å². The summed E-state index contributed by atoms with van der Waals surface area (Å²) < 4.78 is 0.